The zero-order chi connectivity index (χ0) is 31.2. The maximum Gasteiger partial charge on any atom is 0.338 e. The number of benzene rings is 3. The van der Waals surface area contributed by atoms with Crippen LogP contribution in [0.15, 0.2) is 72.8 Å². The van der Waals surface area contributed by atoms with Crippen molar-refractivity contribution in [1.29, 1.82) is 0 Å². The van der Waals surface area contributed by atoms with E-state index in [2.05, 4.69) is 26.1 Å². The van der Waals surface area contributed by atoms with Gasteiger partial charge in [-0.2, -0.15) is 0 Å². The number of hydrogen-bond donors (Lipinski definition) is 3. The number of ether oxygens (including phenoxy) is 2. The van der Waals surface area contributed by atoms with Crippen LogP contribution in [0.5, 0.6) is 5.75 Å². The molecule has 12 heteroatoms. The van der Waals surface area contributed by atoms with Gasteiger partial charge in [-0.15, -0.1) is 10.2 Å². The van der Waals surface area contributed by atoms with Crippen LogP contribution >= 0.6 is 0 Å². The number of esters is 1. The summed E-state index contributed by atoms with van der Waals surface area (Å²) in [5.41, 5.74) is 1.36. The molecule has 1 aromatic heterocycles. The predicted octanol–water partition coefficient (Wildman–Crippen LogP) is 5.90. The minimum atomic E-state index is -2.95. The van der Waals surface area contributed by atoms with Gasteiger partial charge in [0, 0.05) is 30.2 Å². The second kappa shape index (κ2) is 13.3. The monoisotopic (exact) mass is 601 g/mol. The van der Waals surface area contributed by atoms with Gasteiger partial charge in [0.15, 0.2) is 11.5 Å². The van der Waals surface area contributed by atoms with E-state index in [4.69, 9.17) is 9.47 Å². The summed E-state index contributed by atoms with van der Waals surface area (Å²) in [5.74, 6) is -1.21. The molecule has 0 spiro atoms. The molecule has 1 aliphatic carbocycles. The minimum absolute atomic E-state index is 0.0391. The molecule has 0 aliphatic heterocycles. The van der Waals surface area contributed by atoms with Gasteiger partial charge in [-0.05, 0) is 42.2 Å². The highest BCUT2D eigenvalue weighted by atomic mass is 19.3. The van der Waals surface area contributed by atoms with Gasteiger partial charge in [0.25, 0.3) is 12.3 Å². The summed E-state index contributed by atoms with van der Waals surface area (Å²) in [5, 5.41) is 16.3. The SMILES string of the molecule is CNC(=O)c1nnc(NC(=O)C2CC2)cc1Nc1cccc(-c2ccc(C(=O)OCc3ccccc3)c(C(F)F)c2)c1OC. The number of amides is 2. The van der Waals surface area contributed by atoms with Crippen molar-refractivity contribution in [3.8, 4) is 16.9 Å². The highest BCUT2D eigenvalue weighted by molar-refractivity contribution is 6.00. The minimum Gasteiger partial charge on any atom is -0.494 e. The van der Waals surface area contributed by atoms with E-state index in [1.54, 1.807) is 42.5 Å². The largest absolute Gasteiger partial charge is 0.494 e. The fourth-order valence-electron chi connectivity index (χ4n) is 4.53. The van der Waals surface area contributed by atoms with Crippen molar-refractivity contribution >= 4 is 35.0 Å². The van der Waals surface area contributed by atoms with Crippen molar-refractivity contribution in [2.24, 2.45) is 5.92 Å². The van der Waals surface area contributed by atoms with Gasteiger partial charge in [-0.1, -0.05) is 48.5 Å². The van der Waals surface area contributed by atoms with Crippen molar-refractivity contribution in [2.45, 2.75) is 25.9 Å². The van der Waals surface area contributed by atoms with Crippen LogP contribution in [-0.4, -0.2) is 42.1 Å². The van der Waals surface area contributed by atoms with E-state index in [1.165, 1.54) is 38.4 Å². The number of hydrogen-bond acceptors (Lipinski definition) is 8. The van der Waals surface area contributed by atoms with Crippen LogP contribution < -0.4 is 20.7 Å². The van der Waals surface area contributed by atoms with Crippen molar-refractivity contribution in [2.75, 3.05) is 24.8 Å². The summed E-state index contributed by atoms with van der Waals surface area (Å²) in [6.07, 6.45) is -1.36. The van der Waals surface area contributed by atoms with Crippen LogP contribution in [0.2, 0.25) is 0 Å². The number of anilines is 3. The van der Waals surface area contributed by atoms with E-state index < -0.39 is 23.9 Å². The first-order valence-electron chi connectivity index (χ1n) is 13.8. The van der Waals surface area contributed by atoms with E-state index in [9.17, 15) is 23.2 Å². The molecule has 0 atom stereocenters. The van der Waals surface area contributed by atoms with Crippen molar-refractivity contribution in [1.82, 2.24) is 15.5 Å². The Hall–Kier alpha value is -5.39. The van der Waals surface area contributed by atoms with Crippen LogP contribution in [0.4, 0.5) is 26.0 Å². The molecular weight excluding hydrogens is 572 g/mol. The Kier molecular flexibility index (Phi) is 9.08. The molecule has 226 valence electrons. The second-order valence-corrected chi connectivity index (χ2v) is 10.0. The molecule has 4 aromatic rings. The van der Waals surface area contributed by atoms with Crippen molar-refractivity contribution in [3.63, 3.8) is 0 Å². The average molecular weight is 602 g/mol. The summed E-state index contributed by atoms with van der Waals surface area (Å²) >= 11 is 0. The van der Waals surface area contributed by atoms with E-state index in [0.717, 1.165) is 18.4 Å². The lowest BCUT2D eigenvalue weighted by Crippen LogP contribution is -2.22. The highest BCUT2D eigenvalue weighted by Crippen LogP contribution is 2.40. The molecule has 10 nitrogen and oxygen atoms in total. The zero-order valence-corrected chi connectivity index (χ0v) is 23.9. The lowest BCUT2D eigenvalue weighted by atomic mass is 9.98. The maximum atomic E-state index is 14.2. The van der Waals surface area contributed by atoms with Gasteiger partial charge in [-0.3, -0.25) is 9.59 Å². The molecule has 0 unspecified atom stereocenters. The predicted molar refractivity (Wildman–Crippen MR) is 159 cm³/mol. The Bertz CT molecular complexity index is 1700. The summed E-state index contributed by atoms with van der Waals surface area (Å²) in [6.45, 7) is -0.0560. The number of halogens is 2. The van der Waals surface area contributed by atoms with Crippen LogP contribution in [0.3, 0.4) is 0 Å². The lowest BCUT2D eigenvalue weighted by molar-refractivity contribution is -0.117. The first kappa shape index (κ1) is 30.1. The fourth-order valence-corrected chi connectivity index (χ4v) is 4.53. The number of methoxy groups -OCH3 is 1. The highest BCUT2D eigenvalue weighted by Gasteiger charge is 2.30. The fraction of sp³-hybridized carbons (Fsp3) is 0.219. The third-order valence-electron chi connectivity index (χ3n) is 6.95. The molecule has 1 fully saturated rings. The van der Waals surface area contributed by atoms with Gasteiger partial charge in [0.1, 0.15) is 12.4 Å². The van der Waals surface area contributed by atoms with E-state index in [0.29, 0.717) is 16.8 Å². The summed E-state index contributed by atoms with van der Waals surface area (Å²) in [4.78, 5) is 37.6. The van der Waals surface area contributed by atoms with Crippen molar-refractivity contribution < 1.29 is 32.6 Å². The number of carbonyl (C=O) groups is 3. The average Bonchev–Trinajstić information content (AvgIpc) is 3.89. The zero-order valence-electron chi connectivity index (χ0n) is 23.9. The van der Waals surface area contributed by atoms with Gasteiger partial charge < -0.3 is 25.4 Å². The number of rotatable bonds is 11. The molecule has 5 rings (SSSR count). The topological polar surface area (TPSA) is 132 Å². The Balaban J connectivity index is 1.46. The van der Waals surface area contributed by atoms with E-state index in [-0.39, 0.29) is 46.9 Å². The molecule has 0 bridgehead atoms. The smallest absolute Gasteiger partial charge is 0.338 e. The van der Waals surface area contributed by atoms with E-state index in [1.807, 2.05) is 6.07 Å². The number of nitrogens with zero attached hydrogens (tertiary/aromatic N) is 2. The van der Waals surface area contributed by atoms with Crippen LogP contribution in [0.1, 0.15) is 51.2 Å². The van der Waals surface area contributed by atoms with Crippen LogP contribution in [0, 0.1) is 5.92 Å². The third kappa shape index (κ3) is 6.80. The summed E-state index contributed by atoms with van der Waals surface area (Å²) < 4.78 is 39.4. The first-order valence-corrected chi connectivity index (χ1v) is 13.8. The van der Waals surface area contributed by atoms with Gasteiger partial charge >= 0.3 is 5.97 Å². The Morgan fingerprint density at radius 1 is 0.955 bits per heavy atom. The molecule has 3 aromatic carbocycles. The van der Waals surface area contributed by atoms with Crippen LogP contribution in [-0.2, 0) is 16.1 Å². The van der Waals surface area contributed by atoms with Crippen molar-refractivity contribution in [3.05, 3.63) is 95.2 Å². The standard InChI is InChI=1S/C32H29F2N5O5/c1-35-31(41)27-25(16-26(38-39-27)37-30(40)19-11-12-19)36-24-10-6-9-21(28(24)43-2)20-13-14-22(23(15-20)29(33)34)32(42)44-17-18-7-4-3-5-8-18/h3-10,13-16,19,29H,11-12,17H2,1-2H3,(H,35,41)(H2,36,37,38,40). The molecule has 44 heavy (non-hydrogen) atoms. The number of aromatic nitrogens is 2. The molecule has 1 heterocycles. The normalized spacial score (nSPS) is 12.4. The Morgan fingerprint density at radius 3 is 2.41 bits per heavy atom. The lowest BCUT2D eigenvalue weighted by Gasteiger charge is -2.18. The Morgan fingerprint density at radius 2 is 1.73 bits per heavy atom. The van der Waals surface area contributed by atoms with E-state index >= 15 is 0 Å². The number of carbonyl (C=O) groups excluding carboxylic acids is 3. The summed E-state index contributed by atoms with van der Waals surface area (Å²) in [7, 11) is 2.86. The Labute approximate surface area is 251 Å². The summed E-state index contributed by atoms with van der Waals surface area (Å²) in [6, 6.07) is 19.5. The van der Waals surface area contributed by atoms with Gasteiger partial charge in [-0.25, -0.2) is 13.6 Å². The quantitative estimate of drug-likeness (QED) is 0.181. The molecule has 1 aliphatic rings. The molecule has 3 N–H and O–H groups in total. The second-order valence-electron chi connectivity index (χ2n) is 10.0. The maximum absolute atomic E-state index is 14.2. The number of nitrogens with one attached hydrogen (secondary N) is 3. The first-order chi connectivity index (χ1) is 21.3. The molecule has 2 amide bonds. The molecule has 0 radical (unpaired) electrons. The molecule has 1 saturated carbocycles. The third-order valence-corrected chi connectivity index (χ3v) is 6.95. The van der Waals surface area contributed by atoms with Gasteiger partial charge in [0.05, 0.1) is 24.0 Å². The van der Waals surface area contributed by atoms with Gasteiger partial charge in [0.2, 0.25) is 5.91 Å². The molecule has 0 saturated heterocycles. The molecular formula is C32H29F2N5O5. The number of alkyl halides is 2. The van der Waals surface area contributed by atoms with Crippen LogP contribution in [0.25, 0.3) is 11.1 Å². The number of para-hydroxylation sites is 1.